The molecule has 0 bridgehead atoms. The summed E-state index contributed by atoms with van der Waals surface area (Å²) in [7, 11) is 0. The van der Waals surface area contributed by atoms with Gasteiger partial charge in [-0.2, -0.15) is 5.10 Å². The van der Waals surface area contributed by atoms with E-state index in [0.717, 1.165) is 16.8 Å². The van der Waals surface area contributed by atoms with E-state index in [0.29, 0.717) is 4.47 Å². The van der Waals surface area contributed by atoms with E-state index in [9.17, 15) is 4.79 Å². The molecule has 2 aromatic rings. The van der Waals surface area contributed by atoms with Gasteiger partial charge in [-0.25, -0.2) is 5.10 Å². The van der Waals surface area contributed by atoms with Crippen molar-refractivity contribution in [1.82, 2.24) is 10.2 Å². The second kappa shape index (κ2) is 3.98. The second-order valence-electron chi connectivity index (χ2n) is 3.25. The molecule has 0 spiro atoms. The molecule has 0 amide bonds. The van der Waals surface area contributed by atoms with Crippen LogP contribution in [-0.4, -0.2) is 10.2 Å². The maximum atomic E-state index is 11.1. The van der Waals surface area contributed by atoms with Crippen molar-refractivity contribution in [1.29, 1.82) is 0 Å². The summed E-state index contributed by atoms with van der Waals surface area (Å²) in [6.45, 7) is 2.01. The van der Waals surface area contributed by atoms with Gasteiger partial charge in [0.2, 0.25) is 0 Å². The van der Waals surface area contributed by atoms with Crippen LogP contribution in [0.15, 0.2) is 39.6 Å². The molecule has 2 rings (SSSR count). The summed E-state index contributed by atoms with van der Waals surface area (Å²) in [5, 5.41) is 6.44. The van der Waals surface area contributed by atoms with Crippen LogP contribution >= 0.6 is 15.9 Å². The van der Waals surface area contributed by atoms with Gasteiger partial charge in [0.15, 0.2) is 0 Å². The molecule has 0 atom stereocenters. The molecule has 0 radical (unpaired) electrons. The summed E-state index contributed by atoms with van der Waals surface area (Å²) in [5.41, 5.74) is 2.70. The van der Waals surface area contributed by atoms with Crippen molar-refractivity contribution in [3.05, 3.63) is 50.7 Å². The number of aryl methyl sites for hydroxylation is 1. The average Bonchev–Trinajstić information content (AvgIpc) is 2.23. The first-order valence-electron chi connectivity index (χ1n) is 4.50. The highest BCUT2D eigenvalue weighted by molar-refractivity contribution is 9.10. The first-order valence-corrected chi connectivity index (χ1v) is 5.29. The summed E-state index contributed by atoms with van der Waals surface area (Å²) < 4.78 is 0.496. The number of hydrogen-bond acceptors (Lipinski definition) is 2. The Hall–Kier alpha value is -1.42. The zero-order chi connectivity index (χ0) is 10.8. The lowest BCUT2D eigenvalue weighted by Gasteiger charge is -2.03. The normalized spacial score (nSPS) is 10.3. The lowest BCUT2D eigenvalue weighted by molar-refractivity contribution is 0.984. The standard InChI is InChI=1S/C11H9BrN2O/c1-7-4-2-3-5-8(7)10-6-9(12)11(15)14-13-10/h2-6H,1H3,(H,14,15). The summed E-state index contributed by atoms with van der Waals surface area (Å²) in [5.74, 6) is 0. The maximum absolute atomic E-state index is 11.1. The lowest BCUT2D eigenvalue weighted by Crippen LogP contribution is -2.08. The van der Waals surface area contributed by atoms with Gasteiger partial charge < -0.3 is 0 Å². The number of nitrogens with one attached hydrogen (secondary N) is 1. The van der Waals surface area contributed by atoms with E-state index in [1.807, 2.05) is 31.2 Å². The van der Waals surface area contributed by atoms with Gasteiger partial charge in [0, 0.05) is 5.56 Å². The van der Waals surface area contributed by atoms with E-state index in [1.54, 1.807) is 6.07 Å². The number of benzene rings is 1. The van der Waals surface area contributed by atoms with Crippen LogP contribution in [0.5, 0.6) is 0 Å². The Kier molecular flexibility index (Phi) is 2.68. The van der Waals surface area contributed by atoms with Crippen LogP contribution in [0, 0.1) is 6.92 Å². The third-order valence-corrected chi connectivity index (χ3v) is 2.77. The van der Waals surface area contributed by atoms with Crippen molar-refractivity contribution in [2.24, 2.45) is 0 Å². The van der Waals surface area contributed by atoms with E-state index >= 15 is 0 Å². The number of aromatic nitrogens is 2. The van der Waals surface area contributed by atoms with Crippen molar-refractivity contribution in [3.63, 3.8) is 0 Å². The quantitative estimate of drug-likeness (QED) is 0.861. The third kappa shape index (κ3) is 1.99. The minimum atomic E-state index is -0.215. The molecule has 1 aromatic heterocycles. The zero-order valence-corrected chi connectivity index (χ0v) is 9.71. The van der Waals surface area contributed by atoms with Gasteiger partial charge in [0.1, 0.15) is 0 Å². The van der Waals surface area contributed by atoms with Crippen LogP contribution in [0.25, 0.3) is 11.3 Å². The summed E-state index contributed by atoms with van der Waals surface area (Å²) in [6, 6.07) is 9.63. The molecule has 3 nitrogen and oxygen atoms in total. The molecule has 4 heteroatoms. The van der Waals surface area contributed by atoms with Crippen LogP contribution < -0.4 is 5.56 Å². The zero-order valence-electron chi connectivity index (χ0n) is 8.12. The SMILES string of the molecule is Cc1ccccc1-c1cc(Br)c(=O)[nH]n1. The summed E-state index contributed by atoms with van der Waals surface area (Å²) in [6.07, 6.45) is 0. The molecule has 0 fully saturated rings. The van der Waals surface area contributed by atoms with E-state index in [2.05, 4.69) is 26.1 Å². The maximum Gasteiger partial charge on any atom is 0.278 e. The highest BCUT2D eigenvalue weighted by Crippen LogP contribution is 2.21. The van der Waals surface area contributed by atoms with Crippen molar-refractivity contribution in [3.8, 4) is 11.3 Å². The Morgan fingerprint density at radius 1 is 1.33 bits per heavy atom. The molecule has 0 saturated carbocycles. The topological polar surface area (TPSA) is 45.8 Å². The van der Waals surface area contributed by atoms with E-state index < -0.39 is 0 Å². The minimum Gasteiger partial charge on any atom is -0.267 e. The first kappa shape index (κ1) is 10.1. The van der Waals surface area contributed by atoms with Gasteiger partial charge >= 0.3 is 0 Å². The van der Waals surface area contributed by atoms with E-state index in [4.69, 9.17) is 0 Å². The predicted octanol–water partition coefficient (Wildman–Crippen LogP) is 2.51. The molecule has 0 aliphatic heterocycles. The Morgan fingerprint density at radius 3 is 2.73 bits per heavy atom. The fraction of sp³-hybridized carbons (Fsp3) is 0.0909. The molecule has 15 heavy (non-hydrogen) atoms. The molecule has 1 N–H and O–H groups in total. The fourth-order valence-electron chi connectivity index (χ4n) is 1.38. The molecule has 0 aliphatic rings. The van der Waals surface area contributed by atoms with Crippen molar-refractivity contribution in [2.45, 2.75) is 6.92 Å². The van der Waals surface area contributed by atoms with Gasteiger partial charge in [-0.05, 0) is 34.5 Å². The van der Waals surface area contributed by atoms with Crippen LogP contribution in [0.1, 0.15) is 5.56 Å². The van der Waals surface area contributed by atoms with Crippen LogP contribution in [0.2, 0.25) is 0 Å². The Balaban J connectivity index is 2.60. The monoisotopic (exact) mass is 264 g/mol. The third-order valence-electron chi connectivity index (χ3n) is 2.18. The fourth-order valence-corrected chi connectivity index (χ4v) is 1.69. The predicted molar refractivity (Wildman–Crippen MR) is 62.7 cm³/mol. The Labute approximate surface area is 95.3 Å². The number of nitrogens with zero attached hydrogens (tertiary/aromatic N) is 1. The highest BCUT2D eigenvalue weighted by atomic mass is 79.9. The first-order chi connectivity index (χ1) is 7.18. The molecule has 0 aliphatic carbocycles. The number of halogens is 1. The van der Waals surface area contributed by atoms with Crippen LogP contribution in [0.3, 0.4) is 0 Å². The average molecular weight is 265 g/mol. The van der Waals surface area contributed by atoms with Gasteiger partial charge in [0.05, 0.1) is 10.2 Å². The second-order valence-corrected chi connectivity index (χ2v) is 4.10. The Bertz CT molecular complexity index is 548. The number of H-pyrrole nitrogens is 1. The molecule has 0 unspecified atom stereocenters. The molecule has 76 valence electrons. The van der Waals surface area contributed by atoms with Gasteiger partial charge in [-0.1, -0.05) is 24.3 Å². The molecule has 1 aromatic carbocycles. The smallest absolute Gasteiger partial charge is 0.267 e. The van der Waals surface area contributed by atoms with Crippen molar-refractivity contribution in [2.75, 3.05) is 0 Å². The molecular formula is C11H9BrN2O. The van der Waals surface area contributed by atoms with Crippen LogP contribution in [0.4, 0.5) is 0 Å². The summed E-state index contributed by atoms with van der Waals surface area (Å²) in [4.78, 5) is 11.1. The van der Waals surface area contributed by atoms with Crippen molar-refractivity contribution >= 4 is 15.9 Å². The van der Waals surface area contributed by atoms with Crippen molar-refractivity contribution < 1.29 is 0 Å². The van der Waals surface area contributed by atoms with Gasteiger partial charge in [-0.15, -0.1) is 0 Å². The molecule has 1 heterocycles. The Morgan fingerprint density at radius 2 is 2.07 bits per heavy atom. The number of hydrogen-bond donors (Lipinski definition) is 1. The van der Waals surface area contributed by atoms with Crippen LogP contribution in [-0.2, 0) is 0 Å². The highest BCUT2D eigenvalue weighted by Gasteiger charge is 2.04. The number of aromatic amines is 1. The lowest BCUT2D eigenvalue weighted by atomic mass is 10.1. The largest absolute Gasteiger partial charge is 0.278 e. The van der Waals surface area contributed by atoms with E-state index in [-0.39, 0.29) is 5.56 Å². The number of rotatable bonds is 1. The van der Waals surface area contributed by atoms with Gasteiger partial charge in [0.25, 0.3) is 5.56 Å². The summed E-state index contributed by atoms with van der Waals surface area (Å²) >= 11 is 3.18. The van der Waals surface area contributed by atoms with Gasteiger partial charge in [-0.3, -0.25) is 4.79 Å². The molecular weight excluding hydrogens is 256 g/mol. The minimum absolute atomic E-state index is 0.215. The molecule has 0 saturated heterocycles. The van der Waals surface area contributed by atoms with E-state index in [1.165, 1.54) is 0 Å².